The highest BCUT2D eigenvalue weighted by Gasteiger charge is 2.18. The number of hydrogen-bond acceptors (Lipinski definition) is 3. The van der Waals surface area contributed by atoms with Gasteiger partial charge in [-0.1, -0.05) is 36.4 Å². The molecule has 0 unspecified atom stereocenters. The predicted octanol–water partition coefficient (Wildman–Crippen LogP) is 3.06. The van der Waals surface area contributed by atoms with Gasteiger partial charge in [0.05, 0.1) is 18.7 Å². The second-order valence-corrected chi connectivity index (χ2v) is 5.05. The standard InChI is InChI=1S/C17H17N3O2/c1-11(12-7-4-6-10-15(12)22-2)18-17(21)16-13-8-3-5-9-14(13)19-20-16/h3-11H,1-2H3,(H,18,21)(H,19,20)/t11-/m1/s1. The summed E-state index contributed by atoms with van der Waals surface area (Å²) in [6.07, 6.45) is 0. The first-order chi connectivity index (χ1) is 10.7. The zero-order chi connectivity index (χ0) is 15.5. The van der Waals surface area contributed by atoms with Crippen molar-refractivity contribution in [2.45, 2.75) is 13.0 Å². The molecule has 0 spiro atoms. The minimum Gasteiger partial charge on any atom is -0.496 e. The summed E-state index contributed by atoms with van der Waals surface area (Å²) in [6.45, 7) is 1.92. The third-order valence-electron chi connectivity index (χ3n) is 3.64. The van der Waals surface area contributed by atoms with Crippen LogP contribution < -0.4 is 10.1 Å². The number of fused-ring (bicyclic) bond motifs is 1. The molecule has 1 heterocycles. The molecule has 2 N–H and O–H groups in total. The number of aromatic nitrogens is 2. The van der Waals surface area contributed by atoms with Crippen molar-refractivity contribution in [2.24, 2.45) is 0 Å². The lowest BCUT2D eigenvalue weighted by Gasteiger charge is -2.16. The topological polar surface area (TPSA) is 67.0 Å². The van der Waals surface area contributed by atoms with E-state index in [4.69, 9.17) is 4.74 Å². The molecular weight excluding hydrogens is 278 g/mol. The monoisotopic (exact) mass is 295 g/mol. The summed E-state index contributed by atoms with van der Waals surface area (Å²) in [6, 6.07) is 15.0. The van der Waals surface area contributed by atoms with Crippen LogP contribution in [-0.4, -0.2) is 23.2 Å². The zero-order valence-electron chi connectivity index (χ0n) is 12.5. The van der Waals surface area contributed by atoms with Gasteiger partial charge in [-0.15, -0.1) is 0 Å². The smallest absolute Gasteiger partial charge is 0.272 e. The van der Waals surface area contributed by atoms with E-state index in [2.05, 4.69) is 15.5 Å². The van der Waals surface area contributed by atoms with Crippen LogP contribution in [-0.2, 0) is 0 Å². The van der Waals surface area contributed by atoms with Crippen molar-refractivity contribution < 1.29 is 9.53 Å². The van der Waals surface area contributed by atoms with E-state index in [9.17, 15) is 4.79 Å². The van der Waals surface area contributed by atoms with Crippen molar-refractivity contribution in [3.8, 4) is 5.75 Å². The Morgan fingerprint density at radius 2 is 1.91 bits per heavy atom. The second-order valence-electron chi connectivity index (χ2n) is 5.05. The van der Waals surface area contributed by atoms with Crippen LogP contribution in [0.2, 0.25) is 0 Å². The molecule has 0 aliphatic rings. The Hall–Kier alpha value is -2.82. The Bertz CT molecular complexity index is 810. The number of amides is 1. The van der Waals surface area contributed by atoms with Gasteiger partial charge in [-0.25, -0.2) is 0 Å². The maximum Gasteiger partial charge on any atom is 0.272 e. The Kier molecular flexibility index (Phi) is 3.78. The summed E-state index contributed by atoms with van der Waals surface area (Å²) < 4.78 is 5.34. The SMILES string of the molecule is COc1ccccc1[C@@H](C)NC(=O)c1n[nH]c2ccccc12. The maximum absolute atomic E-state index is 12.5. The number of para-hydroxylation sites is 2. The average Bonchev–Trinajstić information content (AvgIpc) is 2.98. The normalized spacial score (nSPS) is 12.1. The number of rotatable bonds is 4. The average molecular weight is 295 g/mol. The third kappa shape index (κ3) is 2.53. The molecule has 0 bridgehead atoms. The number of ether oxygens (including phenoxy) is 1. The molecule has 0 saturated heterocycles. The van der Waals surface area contributed by atoms with Crippen LogP contribution in [0.4, 0.5) is 0 Å². The lowest BCUT2D eigenvalue weighted by atomic mass is 10.1. The number of methoxy groups -OCH3 is 1. The lowest BCUT2D eigenvalue weighted by molar-refractivity contribution is 0.0936. The first-order valence-corrected chi connectivity index (χ1v) is 7.07. The molecule has 1 atom stereocenters. The summed E-state index contributed by atoms with van der Waals surface area (Å²) in [5.74, 6) is 0.540. The van der Waals surface area contributed by atoms with E-state index in [-0.39, 0.29) is 11.9 Å². The molecule has 5 nitrogen and oxygen atoms in total. The molecule has 0 radical (unpaired) electrons. The van der Waals surface area contributed by atoms with E-state index in [0.29, 0.717) is 5.69 Å². The number of aromatic amines is 1. The largest absolute Gasteiger partial charge is 0.496 e. The molecule has 0 aliphatic heterocycles. The fourth-order valence-electron chi connectivity index (χ4n) is 2.50. The first-order valence-electron chi connectivity index (χ1n) is 7.07. The molecule has 5 heteroatoms. The zero-order valence-corrected chi connectivity index (χ0v) is 12.5. The van der Waals surface area contributed by atoms with Gasteiger partial charge in [0.2, 0.25) is 0 Å². The van der Waals surface area contributed by atoms with Gasteiger partial charge < -0.3 is 10.1 Å². The Morgan fingerprint density at radius 3 is 2.73 bits per heavy atom. The van der Waals surface area contributed by atoms with Gasteiger partial charge in [0, 0.05) is 10.9 Å². The van der Waals surface area contributed by atoms with Crippen molar-refractivity contribution >= 4 is 16.8 Å². The van der Waals surface area contributed by atoms with Crippen molar-refractivity contribution in [1.29, 1.82) is 0 Å². The number of carbonyl (C=O) groups is 1. The van der Waals surface area contributed by atoms with Crippen LogP contribution >= 0.6 is 0 Å². The summed E-state index contributed by atoms with van der Waals surface area (Å²) in [4.78, 5) is 12.5. The predicted molar refractivity (Wildman–Crippen MR) is 85.0 cm³/mol. The minimum absolute atomic E-state index is 0.181. The van der Waals surface area contributed by atoms with Gasteiger partial charge in [0.15, 0.2) is 5.69 Å². The lowest BCUT2D eigenvalue weighted by Crippen LogP contribution is -2.27. The first kappa shape index (κ1) is 14.1. The van der Waals surface area contributed by atoms with E-state index in [1.807, 2.05) is 55.5 Å². The summed E-state index contributed by atoms with van der Waals surface area (Å²) in [5.41, 5.74) is 2.17. The molecular formula is C17H17N3O2. The quantitative estimate of drug-likeness (QED) is 0.777. The van der Waals surface area contributed by atoms with Gasteiger partial charge in [-0.05, 0) is 19.1 Å². The van der Waals surface area contributed by atoms with Crippen LogP contribution in [0, 0.1) is 0 Å². The molecule has 3 rings (SSSR count). The van der Waals surface area contributed by atoms with Crippen LogP contribution in [0.1, 0.15) is 29.0 Å². The minimum atomic E-state index is -0.212. The molecule has 112 valence electrons. The van der Waals surface area contributed by atoms with Crippen LogP contribution in [0.25, 0.3) is 10.9 Å². The molecule has 0 aliphatic carbocycles. The molecule has 3 aromatic rings. The highest BCUT2D eigenvalue weighted by molar-refractivity contribution is 6.04. The maximum atomic E-state index is 12.5. The van der Waals surface area contributed by atoms with Crippen molar-refractivity contribution in [3.05, 3.63) is 59.8 Å². The van der Waals surface area contributed by atoms with Crippen LogP contribution in [0.5, 0.6) is 5.75 Å². The second kappa shape index (κ2) is 5.89. The van der Waals surface area contributed by atoms with Crippen molar-refractivity contribution in [3.63, 3.8) is 0 Å². The Morgan fingerprint density at radius 1 is 1.18 bits per heavy atom. The number of nitrogens with zero attached hydrogens (tertiary/aromatic N) is 1. The third-order valence-corrected chi connectivity index (χ3v) is 3.64. The Labute approximate surface area is 128 Å². The van der Waals surface area contributed by atoms with E-state index in [0.717, 1.165) is 22.2 Å². The van der Waals surface area contributed by atoms with Crippen molar-refractivity contribution in [1.82, 2.24) is 15.5 Å². The van der Waals surface area contributed by atoms with Crippen LogP contribution in [0.15, 0.2) is 48.5 Å². The number of hydrogen-bond donors (Lipinski definition) is 2. The van der Waals surface area contributed by atoms with Crippen molar-refractivity contribution in [2.75, 3.05) is 7.11 Å². The highest BCUT2D eigenvalue weighted by Crippen LogP contribution is 2.25. The number of nitrogens with one attached hydrogen (secondary N) is 2. The molecule has 2 aromatic carbocycles. The van der Waals surface area contributed by atoms with E-state index in [1.165, 1.54) is 0 Å². The van der Waals surface area contributed by atoms with E-state index in [1.54, 1.807) is 7.11 Å². The number of carbonyl (C=O) groups excluding carboxylic acids is 1. The molecule has 0 fully saturated rings. The summed E-state index contributed by atoms with van der Waals surface area (Å²) in [5, 5.41) is 10.8. The fourth-order valence-corrected chi connectivity index (χ4v) is 2.50. The molecule has 22 heavy (non-hydrogen) atoms. The Balaban J connectivity index is 1.85. The summed E-state index contributed by atoms with van der Waals surface area (Å²) in [7, 11) is 1.62. The summed E-state index contributed by atoms with van der Waals surface area (Å²) >= 11 is 0. The van der Waals surface area contributed by atoms with Gasteiger partial charge >= 0.3 is 0 Å². The van der Waals surface area contributed by atoms with E-state index >= 15 is 0 Å². The highest BCUT2D eigenvalue weighted by atomic mass is 16.5. The molecule has 1 amide bonds. The number of benzene rings is 2. The van der Waals surface area contributed by atoms with Gasteiger partial charge in [-0.3, -0.25) is 9.89 Å². The number of H-pyrrole nitrogens is 1. The van der Waals surface area contributed by atoms with Gasteiger partial charge in [-0.2, -0.15) is 5.10 Å². The molecule has 1 aromatic heterocycles. The van der Waals surface area contributed by atoms with Crippen LogP contribution in [0.3, 0.4) is 0 Å². The fraction of sp³-hybridized carbons (Fsp3) is 0.176. The molecule has 0 saturated carbocycles. The van der Waals surface area contributed by atoms with Gasteiger partial charge in [0.25, 0.3) is 5.91 Å². The van der Waals surface area contributed by atoms with Gasteiger partial charge in [0.1, 0.15) is 5.75 Å². The van der Waals surface area contributed by atoms with E-state index < -0.39 is 0 Å².